The normalized spacial score (nSPS) is 10.7. The van der Waals surface area contributed by atoms with Crippen molar-refractivity contribution in [3.63, 3.8) is 0 Å². The van der Waals surface area contributed by atoms with Crippen molar-refractivity contribution in [1.82, 2.24) is 0 Å². The third kappa shape index (κ3) is 3.82. The molecular weight excluding hydrogens is 288 g/mol. The fourth-order valence-corrected chi connectivity index (χ4v) is 2.69. The molecule has 0 aliphatic heterocycles. The first-order valence-electron chi connectivity index (χ1n) is 7.57. The van der Waals surface area contributed by atoms with E-state index in [9.17, 15) is 15.3 Å². The Morgan fingerprint density at radius 2 is 1.26 bits per heavy atom. The molecule has 0 amide bonds. The number of phenolic OH excluding ortho intramolecular Hbond substituents is 2. The summed E-state index contributed by atoms with van der Waals surface area (Å²) in [6, 6.07) is 10.7. The van der Waals surface area contributed by atoms with Crippen molar-refractivity contribution in [2.45, 2.75) is 18.8 Å². The molecule has 2 rings (SSSR count). The zero-order valence-corrected chi connectivity index (χ0v) is 13.1. The lowest BCUT2D eigenvalue weighted by atomic mass is 9.89. The zero-order valence-electron chi connectivity index (χ0n) is 13.1. The van der Waals surface area contributed by atoms with Crippen molar-refractivity contribution in [3.8, 4) is 11.5 Å². The topological polar surface area (TPSA) is 60.7 Å². The molecule has 23 heavy (non-hydrogen) atoms. The number of allylic oxidation sites excluding steroid dienone is 2. The summed E-state index contributed by atoms with van der Waals surface area (Å²) in [6.45, 7) is 7.33. The Hall–Kier alpha value is -2.52. The second-order valence-electron chi connectivity index (χ2n) is 5.50. The van der Waals surface area contributed by atoms with Crippen LogP contribution in [0.3, 0.4) is 0 Å². The van der Waals surface area contributed by atoms with E-state index in [-0.39, 0.29) is 24.0 Å². The van der Waals surface area contributed by atoms with E-state index in [1.807, 2.05) is 24.3 Å². The zero-order chi connectivity index (χ0) is 16.8. The van der Waals surface area contributed by atoms with Crippen LogP contribution in [-0.4, -0.2) is 21.9 Å². The molecule has 3 N–H and O–H groups in total. The lowest BCUT2D eigenvalue weighted by Crippen LogP contribution is -2.07. The van der Waals surface area contributed by atoms with Gasteiger partial charge in [-0.2, -0.15) is 0 Å². The number of benzene rings is 2. The van der Waals surface area contributed by atoms with Crippen LogP contribution < -0.4 is 0 Å². The maximum absolute atomic E-state index is 9.89. The van der Waals surface area contributed by atoms with Crippen LogP contribution in [0.25, 0.3) is 0 Å². The number of aromatic hydroxyl groups is 2. The van der Waals surface area contributed by atoms with E-state index < -0.39 is 0 Å². The third-order valence-corrected chi connectivity index (χ3v) is 3.92. The molecule has 2 aromatic carbocycles. The fraction of sp³-hybridized carbons (Fsp3) is 0.200. The van der Waals surface area contributed by atoms with Gasteiger partial charge in [-0.05, 0) is 47.2 Å². The second-order valence-corrected chi connectivity index (χ2v) is 5.50. The van der Waals surface area contributed by atoms with Gasteiger partial charge in [-0.15, -0.1) is 13.2 Å². The van der Waals surface area contributed by atoms with Crippen LogP contribution in [0.15, 0.2) is 61.7 Å². The molecule has 0 atom stereocenters. The Kier molecular flexibility index (Phi) is 5.61. The lowest BCUT2D eigenvalue weighted by molar-refractivity contribution is 0.280. The van der Waals surface area contributed by atoms with Crippen molar-refractivity contribution in [2.75, 3.05) is 6.61 Å². The fourth-order valence-electron chi connectivity index (χ4n) is 2.69. The first-order valence-corrected chi connectivity index (χ1v) is 7.57. The number of hydrogen-bond donors (Lipinski definition) is 3. The average molecular weight is 310 g/mol. The van der Waals surface area contributed by atoms with Crippen molar-refractivity contribution in [3.05, 3.63) is 84.0 Å². The van der Waals surface area contributed by atoms with Gasteiger partial charge in [0, 0.05) is 5.92 Å². The number of aliphatic hydroxyl groups is 1. The van der Waals surface area contributed by atoms with Gasteiger partial charge in [0.15, 0.2) is 0 Å². The van der Waals surface area contributed by atoms with Crippen LogP contribution in [0.4, 0.5) is 0 Å². The van der Waals surface area contributed by atoms with Gasteiger partial charge in [0.05, 0.1) is 6.61 Å². The van der Waals surface area contributed by atoms with E-state index in [4.69, 9.17) is 0 Å². The summed E-state index contributed by atoms with van der Waals surface area (Å²) in [4.78, 5) is 0. The van der Waals surface area contributed by atoms with Crippen LogP contribution in [0, 0.1) is 0 Å². The standard InChI is InChI=1S/C20H22O3/c1-3-5-16-11-14(7-9-19(16)22)18(13-21)15-8-10-20(23)17(12-15)6-4-2/h3-4,7-12,18,21-23H,1-2,5-6,13H2. The van der Waals surface area contributed by atoms with Crippen LogP contribution in [0.1, 0.15) is 28.2 Å². The van der Waals surface area contributed by atoms with Gasteiger partial charge in [0.1, 0.15) is 11.5 Å². The smallest absolute Gasteiger partial charge is 0.119 e. The van der Waals surface area contributed by atoms with Gasteiger partial charge in [-0.1, -0.05) is 36.4 Å². The molecule has 0 unspecified atom stereocenters. The minimum absolute atomic E-state index is 0.0589. The quantitative estimate of drug-likeness (QED) is 0.684. The Balaban J connectivity index is 2.43. The van der Waals surface area contributed by atoms with Gasteiger partial charge in [-0.3, -0.25) is 0 Å². The molecule has 0 aliphatic carbocycles. The number of phenols is 2. The van der Waals surface area contributed by atoms with E-state index in [0.29, 0.717) is 12.8 Å². The highest BCUT2D eigenvalue weighted by Gasteiger charge is 2.16. The van der Waals surface area contributed by atoms with Crippen LogP contribution in [0.5, 0.6) is 11.5 Å². The van der Waals surface area contributed by atoms with E-state index in [1.54, 1.807) is 24.3 Å². The summed E-state index contributed by atoms with van der Waals surface area (Å²) in [5.74, 6) is 0.232. The van der Waals surface area contributed by atoms with Crippen molar-refractivity contribution >= 4 is 0 Å². The Labute approximate surface area is 136 Å². The van der Waals surface area contributed by atoms with Gasteiger partial charge >= 0.3 is 0 Å². The molecule has 0 aromatic heterocycles. The summed E-state index contributed by atoms with van der Waals surface area (Å²) >= 11 is 0. The monoisotopic (exact) mass is 310 g/mol. The highest BCUT2D eigenvalue weighted by molar-refractivity contribution is 5.45. The largest absolute Gasteiger partial charge is 0.508 e. The highest BCUT2D eigenvalue weighted by Crippen LogP contribution is 2.31. The summed E-state index contributed by atoms with van der Waals surface area (Å²) in [7, 11) is 0. The molecule has 0 fully saturated rings. The molecule has 0 heterocycles. The maximum Gasteiger partial charge on any atom is 0.119 e. The molecule has 0 spiro atoms. The highest BCUT2D eigenvalue weighted by atomic mass is 16.3. The van der Waals surface area contributed by atoms with Gasteiger partial charge < -0.3 is 15.3 Å². The predicted octanol–water partition coefficient (Wildman–Crippen LogP) is 3.68. The molecule has 0 radical (unpaired) electrons. The van der Waals surface area contributed by atoms with Crippen LogP contribution >= 0.6 is 0 Å². The Bertz CT molecular complexity index is 645. The maximum atomic E-state index is 9.89. The van der Waals surface area contributed by atoms with Gasteiger partial charge in [0.25, 0.3) is 0 Å². The summed E-state index contributed by atoms with van der Waals surface area (Å²) in [5.41, 5.74) is 3.39. The van der Waals surface area contributed by atoms with E-state index >= 15 is 0 Å². The minimum atomic E-state index is -0.219. The predicted molar refractivity (Wildman–Crippen MR) is 92.9 cm³/mol. The van der Waals surface area contributed by atoms with Crippen LogP contribution in [0.2, 0.25) is 0 Å². The number of rotatable bonds is 7. The van der Waals surface area contributed by atoms with Crippen molar-refractivity contribution in [2.24, 2.45) is 0 Å². The Morgan fingerprint density at radius 3 is 1.61 bits per heavy atom. The third-order valence-electron chi connectivity index (χ3n) is 3.92. The number of aliphatic hydroxyl groups excluding tert-OH is 1. The minimum Gasteiger partial charge on any atom is -0.508 e. The molecule has 0 saturated carbocycles. The van der Waals surface area contributed by atoms with E-state index in [2.05, 4.69) is 13.2 Å². The summed E-state index contributed by atoms with van der Waals surface area (Å²) < 4.78 is 0. The summed E-state index contributed by atoms with van der Waals surface area (Å²) in [6.07, 6.45) is 4.59. The SMILES string of the molecule is C=CCc1cc(C(CO)c2ccc(O)c(CC=C)c2)ccc1O. The average Bonchev–Trinajstić information content (AvgIpc) is 2.54. The number of hydrogen-bond acceptors (Lipinski definition) is 3. The molecule has 0 bridgehead atoms. The van der Waals surface area contributed by atoms with Gasteiger partial charge in [-0.25, -0.2) is 0 Å². The van der Waals surface area contributed by atoms with E-state index in [1.165, 1.54) is 0 Å². The molecule has 3 nitrogen and oxygen atoms in total. The lowest BCUT2D eigenvalue weighted by Gasteiger charge is -2.18. The first-order chi connectivity index (χ1) is 11.1. The second kappa shape index (κ2) is 7.65. The molecule has 3 heteroatoms. The summed E-state index contributed by atoms with van der Waals surface area (Å²) in [5, 5.41) is 29.6. The van der Waals surface area contributed by atoms with Crippen molar-refractivity contribution < 1.29 is 15.3 Å². The van der Waals surface area contributed by atoms with E-state index in [0.717, 1.165) is 22.3 Å². The van der Waals surface area contributed by atoms with Gasteiger partial charge in [0.2, 0.25) is 0 Å². The molecule has 120 valence electrons. The molecule has 0 aliphatic rings. The Morgan fingerprint density at radius 1 is 0.826 bits per heavy atom. The molecular formula is C20H22O3. The van der Waals surface area contributed by atoms with Crippen LogP contribution in [-0.2, 0) is 12.8 Å². The molecule has 0 saturated heterocycles. The van der Waals surface area contributed by atoms with Crippen molar-refractivity contribution in [1.29, 1.82) is 0 Å². The molecule has 2 aromatic rings. The first kappa shape index (κ1) is 16.8.